The fourth-order valence-electron chi connectivity index (χ4n) is 1.95. The molecule has 3 aromatic rings. The van der Waals surface area contributed by atoms with Crippen molar-refractivity contribution in [3.05, 3.63) is 53.3 Å². The number of anilines is 1. The number of nitrogens with zero attached hydrogens (tertiary/aromatic N) is 4. The Balaban J connectivity index is 2.13. The number of halogens is 1. The quantitative estimate of drug-likeness (QED) is 0.806. The van der Waals surface area contributed by atoms with Gasteiger partial charge in [-0.25, -0.2) is 14.6 Å². The van der Waals surface area contributed by atoms with Gasteiger partial charge in [-0.15, -0.1) is 0 Å². The lowest BCUT2D eigenvalue weighted by Crippen LogP contribution is -2.04. The summed E-state index contributed by atoms with van der Waals surface area (Å²) in [6.07, 6.45) is 1.74. The molecule has 0 radical (unpaired) electrons. The van der Waals surface area contributed by atoms with Crippen LogP contribution in [0.25, 0.3) is 17.2 Å². The third-order valence-corrected chi connectivity index (χ3v) is 3.45. The topological polar surface area (TPSA) is 55.6 Å². The zero-order chi connectivity index (χ0) is 14.8. The van der Waals surface area contributed by atoms with Crippen LogP contribution < -0.4 is 5.32 Å². The minimum absolute atomic E-state index is 0.612. The molecule has 2 heterocycles. The lowest BCUT2D eigenvalue weighted by Gasteiger charge is -2.07. The van der Waals surface area contributed by atoms with Gasteiger partial charge in [0.05, 0.1) is 16.9 Å². The molecule has 0 bridgehead atoms. The summed E-state index contributed by atoms with van der Waals surface area (Å²) in [6, 6.07) is 11.6. The molecule has 0 aliphatic rings. The van der Waals surface area contributed by atoms with E-state index in [0.717, 1.165) is 17.1 Å². The predicted octanol–water partition coefficient (Wildman–Crippen LogP) is 3.33. The largest absolute Gasteiger partial charge is 0.373 e. The highest BCUT2D eigenvalue weighted by molar-refractivity contribution is 6.31. The fourth-order valence-corrected chi connectivity index (χ4v) is 2.08. The first-order valence-electron chi connectivity index (χ1n) is 6.52. The van der Waals surface area contributed by atoms with Crippen molar-refractivity contribution in [3.63, 3.8) is 0 Å². The van der Waals surface area contributed by atoms with Crippen LogP contribution in [-0.2, 0) is 0 Å². The SMILES string of the molecule is CNc1cc(-n2cc(Cl)c(C)n2)nc(-c2ccccc2)n1. The average molecular weight is 300 g/mol. The Labute approximate surface area is 127 Å². The van der Waals surface area contributed by atoms with Crippen molar-refractivity contribution >= 4 is 17.4 Å². The number of rotatable bonds is 3. The second-order valence-corrected chi connectivity index (χ2v) is 4.97. The maximum Gasteiger partial charge on any atom is 0.163 e. The van der Waals surface area contributed by atoms with Gasteiger partial charge in [0.2, 0.25) is 0 Å². The van der Waals surface area contributed by atoms with Crippen LogP contribution in [0.3, 0.4) is 0 Å². The first-order valence-corrected chi connectivity index (χ1v) is 6.89. The number of benzene rings is 1. The molecule has 0 spiro atoms. The lowest BCUT2D eigenvalue weighted by atomic mass is 10.2. The van der Waals surface area contributed by atoms with Gasteiger partial charge in [0, 0.05) is 18.7 Å². The summed E-state index contributed by atoms with van der Waals surface area (Å²) in [7, 11) is 1.82. The average Bonchev–Trinajstić information content (AvgIpc) is 2.87. The highest BCUT2D eigenvalue weighted by atomic mass is 35.5. The number of hydrogen-bond donors (Lipinski definition) is 1. The standard InChI is InChI=1S/C15H14ClN5/c1-10-12(16)9-21(20-10)14-8-13(17-2)18-15(19-14)11-6-4-3-5-7-11/h3-9H,1-2H3,(H,17,18,19). The van der Waals surface area contributed by atoms with Crippen LogP contribution >= 0.6 is 11.6 Å². The summed E-state index contributed by atoms with van der Waals surface area (Å²) in [6.45, 7) is 1.86. The summed E-state index contributed by atoms with van der Waals surface area (Å²) < 4.78 is 1.66. The van der Waals surface area contributed by atoms with Crippen molar-refractivity contribution in [2.45, 2.75) is 6.92 Å². The summed E-state index contributed by atoms with van der Waals surface area (Å²) >= 11 is 6.07. The molecule has 5 nitrogen and oxygen atoms in total. The third kappa shape index (κ3) is 2.73. The van der Waals surface area contributed by atoms with Crippen LogP contribution in [0.15, 0.2) is 42.6 Å². The van der Waals surface area contributed by atoms with Crippen LogP contribution in [0.1, 0.15) is 5.69 Å². The molecule has 0 unspecified atom stereocenters. The minimum Gasteiger partial charge on any atom is -0.373 e. The molecule has 1 aromatic carbocycles. The number of hydrogen-bond acceptors (Lipinski definition) is 4. The third-order valence-electron chi connectivity index (χ3n) is 3.07. The Morgan fingerprint density at radius 2 is 1.90 bits per heavy atom. The number of nitrogens with one attached hydrogen (secondary N) is 1. The zero-order valence-corrected chi connectivity index (χ0v) is 12.5. The van der Waals surface area contributed by atoms with E-state index >= 15 is 0 Å². The second-order valence-electron chi connectivity index (χ2n) is 4.56. The van der Waals surface area contributed by atoms with Gasteiger partial charge in [-0.2, -0.15) is 5.10 Å². The van der Waals surface area contributed by atoms with Crippen molar-refractivity contribution in [1.82, 2.24) is 19.7 Å². The molecule has 3 rings (SSSR count). The molecule has 0 aliphatic heterocycles. The van der Waals surface area contributed by atoms with Gasteiger partial charge < -0.3 is 5.32 Å². The van der Waals surface area contributed by atoms with Gasteiger partial charge in [-0.05, 0) is 6.92 Å². The summed E-state index contributed by atoms with van der Waals surface area (Å²) in [4.78, 5) is 9.05. The fraction of sp³-hybridized carbons (Fsp3) is 0.133. The van der Waals surface area contributed by atoms with E-state index in [0.29, 0.717) is 16.7 Å². The van der Waals surface area contributed by atoms with Gasteiger partial charge in [-0.1, -0.05) is 41.9 Å². The van der Waals surface area contributed by atoms with E-state index in [1.807, 2.05) is 50.4 Å². The van der Waals surface area contributed by atoms with Crippen LogP contribution in [-0.4, -0.2) is 26.8 Å². The van der Waals surface area contributed by atoms with Crippen LogP contribution in [0.4, 0.5) is 5.82 Å². The molecule has 0 saturated heterocycles. The number of aryl methyl sites for hydroxylation is 1. The maximum absolute atomic E-state index is 6.07. The van der Waals surface area contributed by atoms with Gasteiger partial charge in [0.15, 0.2) is 11.6 Å². The summed E-state index contributed by atoms with van der Waals surface area (Å²) in [5.74, 6) is 2.04. The van der Waals surface area contributed by atoms with E-state index in [9.17, 15) is 0 Å². The van der Waals surface area contributed by atoms with E-state index in [2.05, 4.69) is 20.4 Å². The van der Waals surface area contributed by atoms with Crippen molar-refractivity contribution in [3.8, 4) is 17.2 Å². The van der Waals surface area contributed by atoms with Crippen molar-refractivity contribution < 1.29 is 0 Å². The molecule has 0 atom stereocenters. The van der Waals surface area contributed by atoms with Gasteiger partial charge in [-0.3, -0.25) is 0 Å². The van der Waals surface area contributed by atoms with E-state index in [4.69, 9.17) is 11.6 Å². The van der Waals surface area contributed by atoms with Gasteiger partial charge in [0.1, 0.15) is 5.82 Å². The molecule has 106 valence electrons. The first-order chi connectivity index (χ1) is 10.2. The summed E-state index contributed by atoms with van der Waals surface area (Å²) in [5, 5.41) is 8.01. The highest BCUT2D eigenvalue weighted by Gasteiger charge is 2.10. The first kappa shape index (κ1) is 13.6. The van der Waals surface area contributed by atoms with Gasteiger partial charge in [0.25, 0.3) is 0 Å². The molecular formula is C15H14ClN5. The minimum atomic E-state index is 0.612. The van der Waals surface area contributed by atoms with E-state index in [1.54, 1.807) is 10.9 Å². The molecule has 0 amide bonds. The predicted molar refractivity (Wildman–Crippen MR) is 83.9 cm³/mol. The Bertz CT molecular complexity index is 747. The molecule has 21 heavy (non-hydrogen) atoms. The van der Waals surface area contributed by atoms with Crippen LogP contribution in [0, 0.1) is 6.92 Å². The van der Waals surface area contributed by atoms with E-state index in [-0.39, 0.29) is 0 Å². The van der Waals surface area contributed by atoms with Gasteiger partial charge >= 0.3 is 0 Å². The Morgan fingerprint density at radius 1 is 1.14 bits per heavy atom. The monoisotopic (exact) mass is 299 g/mol. The summed E-state index contributed by atoms with van der Waals surface area (Å²) in [5.41, 5.74) is 1.72. The molecular weight excluding hydrogens is 286 g/mol. The Morgan fingerprint density at radius 3 is 2.52 bits per heavy atom. The molecule has 0 aliphatic carbocycles. The van der Waals surface area contributed by atoms with E-state index < -0.39 is 0 Å². The van der Waals surface area contributed by atoms with Crippen molar-refractivity contribution in [1.29, 1.82) is 0 Å². The highest BCUT2D eigenvalue weighted by Crippen LogP contribution is 2.21. The smallest absolute Gasteiger partial charge is 0.163 e. The second kappa shape index (κ2) is 5.54. The van der Waals surface area contributed by atoms with Crippen LogP contribution in [0.5, 0.6) is 0 Å². The molecule has 1 N–H and O–H groups in total. The molecule has 0 fully saturated rings. The van der Waals surface area contributed by atoms with Crippen LogP contribution in [0.2, 0.25) is 5.02 Å². The van der Waals surface area contributed by atoms with Crippen molar-refractivity contribution in [2.24, 2.45) is 0 Å². The Kier molecular flexibility index (Phi) is 3.58. The molecule has 2 aromatic heterocycles. The van der Waals surface area contributed by atoms with Crippen molar-refractivity contribution in [2.75, 3.05) is 12.4 Å². The molecule has 6 heteroatoms. The number of aromatic nitrogens is 4. The maximum atomic E-state index is 6.07. The zero-order valence-electron chi connectivity index (χ0n) is 11.7. The normalized spacial score (nSPS) is 10.6. The molecule has 0 saturated carbocycles. The van der Waals surface area contributed by atoms with E-state index in [1.165, 1.54) is 0 Å². The lowest BCUT2D eigenvalue weighted by molar-refractivity contribution is 0.828. The Hall–Kier alpha value is -2.40.